The number of rotatable bonds is 1. The van der Waals surface area contributed by atoms with E-state index in [-0.39, 0.29) is 5.41 Å². The Morgan fingerprint density at radius 1 is 1.00 bits per heavy atom. The van der Waals surface area contributed by atoms with Crippen molar-refractivity contribution in [2.75, 3.05) is 0 Å². The number of nitrogens with zero attached hydrogens (tertiary/aromatic N) is 1. The first-order valence-electron chi connectivity index (χ1n) is 7.07. The van der Waals surface area contributed by atoms with Crippen LogP contribution in [0.1, 0.15) is 31.9 Å². The van der Waals surface area contributed by atoms with Crippen LogP contribution in [0.25, 0.3) is 11.1 Å². The van der Waals surface area contributed by atoms with E-state index >= 15 is 0 Å². The number of hydrogen-bond donors (Lipinski definition) is 1. The predicted octanol–water partition coefficient (Wildman–Crippen LogP) is 2.70. The molecule has 0 saturated carbocycles. The molecule has 2 aromatic carbocycles. The Bertz CT molecular complexity index is 687. The van der Waals surface area contributed by atoms with Crippen molar-refractivity contribution in [3.63, 3.8) is 0 Å². The predicted molar refractivity (Wildman–Crippen MR) is 86.9 cm³/mol. The van der Waals surface area contributed by atoms with Gasteiger partial charge in [0.2, 0.25) is 0 Å². The Morgan fingerprint density at radius 2 is 1.67 bits per heavy atom. The molecular formula is C17H18BNO2. The highest BCUT2D eigenvalue weighted by Crippen LogP contribution is 2.26. The zero-order valence-corrected chi connectivity index (χ0v) is 12.5. The largest absolute Gasteiger partial charge is 0.583 e. The van der Waals surface area contributed by atoms with Gasteiger partial charge in [0.25, 0.3) is 0 Å². The second-order valence-corrected chi connectivity index (χ2v) is 6.36. The van der Waals surface area contributed by atoms with Gasteiger partial charge in [-0.3, -0.25) is 0 Å². The van der Waals surface area contributed by atoms with Crippen LogP contribution in [-0.4, -0.2) is 18.4 Å². The van der Waals surface area contributed by atoms with E-state index in [2.05, 4.69) is 50.2 Å². The van der Waals surface area contributed by atoms with Gasteiger partial charge in [-0.25, -0.2) is 0 Å². The number of fused-ring (bicyclic) bond motifs is 1. The van der Waals surface area contributed by atoms with E-state index in [0.717, 1.165) is 22.2 Å². The van der Waals surface area contributed by atoms with E-state index in [4.69, 9.17) is 4.76 Å². The van der Waals surface area contributed by atoms with Gasteiger partial charge in [-0.15, -0.1) is 5.16 Å². The molecule has 0 bridgehead atoms. The summed E-state index contributed by atoms with van der Waals surface area (Å²) in [6.45, 7) is 6.62. The summed E-state index contributed by atoms with van der Waals surface area (Å²) in [6, 6.07) is 14.5. The molecule has 1 aliphatic heterocycles. The van der Waals surface area contributed by atoms with Gasteiger partial charge in [-0.1, -0.05) is 57.2 Å². The summed E-state index contributed by atoms with van der Waals surface area (Å²) in [5.41, 5.74) is 5.37. The molecule has 0 amide bonds. The molecule has 3 rings (SSSR count). The van der Waals surface area contributed by atoms with Crippen molar-refractivity contribution in [1.29, 1.82) is 0 Å². The molecule has 0 spiro atoms. The van der Waals surface area contributed by atoms with Crippen molar-refractivity contribution >= 4 is 18.8 Å². The minimum Gasteiger partial charge on any atom is -0.427 e. The zero-order valence-electron chi connectivity index (χ0n) is 12.5. The second kappa shape index (κ2) is 5.04. The van der Waals surface area contributed by atoms with Crippen LogP contribution in [0, 0.1) is 0 Å². The lowest BCUT2D eigenvalue weighted by Crippen LogP contribution is -2.37. The Kier molecular flexibility index (Phi) is 3.34. The van der Waals surface area contributed by atoms with E-state index in [1.165, 1.54) is 5.56 Å². The van der Waals surface area contributed by atoms with Crippen LogP contribution in [-0.2, 0) is 10.2 Å². The molecule has 0 aliphatic carbocycles. The number of hydrogen-bond acceptors (Lipinski definition) is 3. The lowest BCUT2D eigenvalue weighted by molar-refractivity contribution is 0.286. The lowest BCUT2D eigenvalue weighted by Gasteiger charge is -2.19. The third kappa shape index (κ3) is 2.72. The molecule has 0 fully saturated rings. The monoisotopic (exact) mass is 279 g/mol. The van der Waals surface area contributed by atoms with Crippen LogP contribution < -0.4 is 5.46 Å². The average Bonchev–Trinajstić information content (AvgIpc) is 2.46. The van der Waals surface area contributed by atoms with Gasteiger partial charge < -0.3 is 9.78 Å². The Labute approximate surface area is 125 Å². The topological polar surface area (TPSA) is 41.8 Å². The van der Waals surface area contributed by atoms with E-state index in [0.29, 0.717) is 0 Å². The standard InChI is InChI=1S/C17H18BNO2/c1-17(2,3)15-7-4-12(5-8-15)13-6-9-16-14(10-13)11-19-21-18(16)20/h4-11,20H,1-3H3. The maximum Gasteiger partial charge on any atom is 0.583 e. The molecule has 3 nitrogen and oxygen atoms in total. The fourth-order valence-corrected chi connectivity index (χ4v) is 2.46. The fourth-order valence-electron chi connectivity index (χ4n) is 2.46. The molecule has 0 atom stereocenters. The highest BCUT2D eigenvalue weighted by molar-refractivity contribution is 6.62. The summed E-state index contributed by atoms with van der Waals surface area (Å²) in [7, 11) is -0.970. The molecule has 1 aliphatic rings. The van der Waals surface area contributed by atoms with Crippen LogP contribution >= 0.6 is 0 Å². The van der Waals surface area contributed by atoms with E-state index in [1.54, 1.807) is 6.21 Å². The molecule has 0 unspecified atom stereocenters. The van der Waals surface area contributed by atoms with Gasteiger partial charge in [-0.2, -0.15) is 0 Å². The van der Waals surface area contributed by atoms with Gasteiger partial charge >= 0.3 is 7.12 Å². The molecule has 4 heteroatoms. The molecule has 21 heavy (non-hydrogen) atoms. The smallest absolute Gasteiger partial charge is 0.427 e. The van der Waals surface area contributed by atoms with Crippen LogP contribution in [0.15, 0.2) is 47.6 Å². The van der Waals surface area contributed by atoms with E-state index in [1.807, 2.05) is 18.2 Å². The minimum absolute atomic E-state index is 0.155. The van der Waals surface area contributed by atoms with Crippen molar-refractivity contribution in [3.8, 4) is 11.1 Å². The van der Waals surface area contributed by atoms with Crippen LogP contribution in [0.4, 0.5) is 0 Å². The molecule has 0 aromatic heterocycles. The van der Waals surface area contributed by atoms with Crippen LogP contribution in [0.5, 0.6) is 0 Å². The van der Waals surface area contributed by atoms with Gasteiger partial charge in [0.05, 0.1) is 6.21 Å². The van der Waals surface area contributed by atoms with Gasteiger partial charge in [0, 0.05) is 5.46 Å². The first kappa shape index (κ1) is 13.9. The quantitative estimate of drug-likeness (QED) is 0.815. The van der Waals surface area contributed by atoms with Crippen molar-refractivity contribution < 1.29 is 9.78 Å². The summed E-state index contributed by atoms with van der Waals surface area (Å²) in [5.74, 6) is 0. The summed E-state index contributed by atoms with van der Waals surface area (Å²) in [6.07, 6.45) is 1.63. The highest BCUT2D eigenvalue weighted by Gasteiger charge is 2.25. The first-order chi connectivity index (χ1) is 9.95. The second-order valence-electron chi connectivity index (χ2n) is 6.36. The Balaban J connectivity index is 1.97. The summed E-state index contributed by atoms with van der Waals surface area (Å²) >= 11 is 0. The van der Waals surface area contributed by atoms with Gasteiger partial charge in [0.1, 0.15) is 0 Å². The Morgan fingerprint density at radius 3 is 2.33 bits per heavy atom. The molecular weight excluding hydrogens is 261 g/mol. The fraction of sp³-hybridized carbons (Fsp3) is 0.235. The number of benzene rings is 2. The SMILES string of the molecule is CC(C)(C)c1ccc(-c2ccc3c(c2)C=NOB3O)cc1. The Hall–Kier alpha value is -2.07. The van der Waals surface area contributed by atoms with Crippen molar-refractivity contribution in [3.05, 3.63) is 53.6 Å². The highest BCUT2D eigenvalue weighted by atomic mass is 16.6. The molecule has 1 N–H and O–H groups in total. The number of oxime groups is 1. The first-order valence-corrected chi connectivity index (χ1v) is 7.07. The van der Waals surface area contributed by atoms with E-state index < -0.39 is 7.12 Å². The van der Waals surface area contributed by atoms with Crippen molar-refractivity contribution in [2.24, 2.45) is 5.16 Å². The molecule has 0 radical (unpaired) electrons. The maximum atomic E-state index is 9.71. The summed E-state index contributed by atoms with van der Waals surface area (Å²) in [4.78, 5) is 0. The van der Waals surface area contributed by atoms with Crippen molar-refractivity contribution in [1.82, 2.24) is 0 Å². The van der Waals surface area contributed by atoms with Crippen molar-refractivity contribution in [2.45, 2.75) is 26.2 Å². The molecule has 1 heterocycles. The minimum atomic E-state index is -0.970. The third-order valence-electron chi connectivity index (χ3n) is 3.79. The third-order valence-corrected chi connectivity index (χ3v) is 3.79. The van der Waals surface area contributed by atoms with Gasteiger partial charge in [-0.05, 0) is 33.7 Å². The molecule has 2 aromatic rings. The average molecular weight is 279 g/mol. The summed E-state index contributed by atoms with van der Waals surface area (Å²) in [5, 5.41) is 13.4. The van der Waals surface area contributed by atoms with Gasteiger partial charge in [0.15, 0.2) is 0 Å². The maximum absolute atomic E-state index is 9.71. The molecule has 0 saturated heterocycles. The zero-order chi connectivity index (χ0) is 15.0. The lowest BCUT2D eigenvalue weighted by atomic mass is 9.75. The normalized spacial score (nSPS) is 13.8. The van der Waals surface area contributed by atoms with E-state index in [9.17, 15) is 5.02 Å². The molecule has 106 valence electrons. The summed E-state index contributed by atoms with van der Waals surface area (Å²) < 4.78 is 4.83. The van der Waals surface area contributed by atoms with Crippen LogP contribution in [0.3, 0.4) is 0 Å². The van der Waals surface area contributed by atoms with Crippen LogP contribution in [0.2, 0.25) is 0 Å².